The second kappa shape index (κ2) is 10.9. The van der Waals surface area contributed by atoms with Crippen LogP contribution in [0.3, 0.4) is 0 Å². The van der Waals surface area contributed by atoms with E-state index in [-0.39, 0.29) is 28.7 Å². The zero-order valence-electron chi connectivity index (χ0n) is 15.2. The maximum atomic E-state index is 11.6. The monoisotopic (exact) mass is 469 g/mol. The Balaban J connectivity index is 0.00000529. The van der Waals surface area contributed by atoms with Gasteiger partial charge in [0.1, 0.15) is 23.6 Å². The van der Waals surface area contributed by atoms with Gasteiger partial charge in [-0.25, -0.2) is 9.79 Å². The lowest BCUT2D eigenvalue weighted by atomic mass is 10.2. The minimum Gasteiger partial charge on any atom is -0.465 e. The van der Waals surface area contributed by atoms with E-state index in [9.17, 15) is 4.79 Å². The van der Waals surface area contributed by atoms with Gasteiger partial charge in [0.2, 0.25) is 0 Å². The van der Waals surface area contributed by atoms with Gasteiger partial charge in [0.25, 0.3) is 0 Å². The number of furan rings is 1. The van der Waals surface area contributed by atoms with Crippen molar-refractivity contribution in [2.24, 2.45) is 4.99 Å². The molecule has 0 aliphatic heterocycles. The number of esters is 1. The van der Waals surface area contributed by atoms with E-state index in [1.54, 1.807) is 24.8 Å². The third kappa shape index (κ3) is 7.33. The van der Waals surface area contributed by atoms with Gasteiger partial charge >= 0.3 is 5.97 Å². The number of carbonyl (C=O) groups is 1. The van der Waals surface area contributed by atoms with E-state index in [4.69, 9.17) is 9.15 Å². The molecule has 2 N–H and O–H groups in total. The Hall–Kier alpha value is -0.900. The van der Waals surface area contributed by atoms with Crippen LogP contribution in [0.5, 0.6) is 0 Å². The number of guanidine groups is 1. The molecule has 0 spiro atoms. The number of hydrogen-bond acceptors (Lipinski definition) is 5. The Morgan fingerprint density at radius 3 is 2.62 bits per heavy atom. The maximum absolute atomic E-state index is 11.6. The van der Waals surface area contributed by atoms with Crippen LogP contribution in [0, 0.1) is 6.92 Å². The molecule has 8 heteroatoms. The molecule has 0 aliphatic rings. The molecule has 0 aromatic carbocycles. The van der Waals surface area contributed by atoms with Gasteiger partial charge in [-0.1, -0.05) is 0 Å². The number of hydrogen-bond donors (Lipinski definition) is 2. The van der Waals surface area contributed by atoms with Crippen molar-refractivity contribution >= 4 is 47.7 Å². The van der Waals surface area contributed by atoms with E-state index >= 15 is 0 Å². The molecule has 0 aliphatic carbocycles. The van der Waals surface area contributed by atoms with Crippen LogP contribution >= 0.6 is 35.7 Å². The zero-order valence-corrected chi connectivity index (χ0v) is 18.3. The predicted molar refractivity (Wildman–Crippen MR) is 111 cm³/mol. The first-order chi connectivity index (χ1) is 10.8. The number of aliphatic imine (C=N–C) groups is 1. The number of ether oxygens (including phenoxy) is 1. The molecule has 0 saturated carbocycles. The van der Waals surface area contributed by atoms with Gasteiger partial charge in [-0.15, -0.1) is 24.0 Å². The number of carbonyl (C=O) groups excluding carboxylic acids is 1. The standard InChI is InChI=1S/C16H27N3O3S.HI/c1-7-17-15(19-10-16(3,4)23-6)18-9-12-8-13(11(2)22-12)14(20)21-5;/h8H,7,9-10H2,1-6H3,(H2,17,18,19);1H. The van der Waals surface area contributed by atoms with Crippen molar-refractivity contribution < 1.29 is 13.9 Å². The van der Waals surface area contributed by atoms with Gasteiger partial charge in [-0.3, -0.25) is 0 Å². The van der Waals surface area contributed by atoms with Gasteiger partial charge in [-0.05, 0) is 40.0 Å². The lowest BCUT2D eigenvalue weighted by Gasteiger charge is -2.23. The van der Waals surface area contributed by atoms with Crippen molar-refractivity contribution in [2.45, 2.75) is 39.0 Å². The molecule has 0 atom stereocenters. The lowest BCUT2D eigenvalue weighted by molar-refractivity contribution is 0.0599. The number of rotatable bonds is 7. The van der Waals surface area contributed by atoms with Crippen molar-refractivity contribution in [1.82, 2.24) is 10.6 Å². The first-order valence-electron chi connectivity index (χ1n) is 7.58. The molecule has 0 saturated heterocycles. The van der Waals surface area contributed by atoms with E-state index in [1.165, 1.54) is 7.11 Å². The van der Waals surface area contributed by atoms with Crippen LogP contribution in [0.2, 0.25) is 0 Å². The van der Waals surface area contributed by atoms with Crippen LogP contribution in [-0.2, 0) is 11.3 Å². The zero-order chi connectivity index (χ0) is 17.5. The average Bonchev–Trinajstić information content (AvgIpc) is 2.90. The molecule has 6 nitrogen and oxygen atoms in total. The fourth-order valence-corrected chi connectivity index (χ4v) is 2.02. The van der Waals surface area contributed by atoms with Gasteiger partial charge < -0.3 is 19.8 Å². The molecule has 0 fully saturated rings. The van der Waals surface area contributed by atoms with Crippen LogP contribution in [0.25, 0.3) is 0 Å². The Bertz CT molecular complexity index is 559. The third-order valence-corrected chi connectivity index (χ3v) is 4.59. The van der Waals surface area contributed by atoms with Gasteiger partial charge in [0.05, 0.1) is 7.11 Å². The van der Waals surface area contributed by atoms with Gasteiger partial charge in [-0.2, -0.15) is 11.8 Å². The molecule has 138 valence electrons. The number of nitrogens with zero attached hydrogens (tertiary/aromatic N) is 1. The molecule has 24 heavy (non-hydrogen) atoms. The summed E-state index contributed by atoms with van der Waals surface area (Å²) in [5.74, 6) is 1.50. The Kier molecular flexibility index (Phi) is 10.5. The normalized spacial score (nSPS) is 11.7. The molecule has 0 radical (unpaired) electrons. The highest BCUT2D eigenvalue weighted by Gasteiger charge is 2.17. The molecule has 0 unspecified atom stereocenters. The molecule has 0 amide bonds. The highest BCUT2D eigenvalue weighted by molar-refractivity contribution is 14.0. The van der Waals surface area contributed by atoms with Crippen molar-refractivity contribution in [1.29, 1.82) is 0 Å². The summed E-state index contributed by atoms with van der Waals surface area (Å²) < 4.78 is 10.4. The first kappa shape index (κ1) is 23.1. The molecular formula is C16H28IN3O3S. The largest absolute Gasteiger partial charge is 0.465 e. The summed E-state index contributed by atoms with van der Waals surface area (Å²) in [4.78, 5) is 16.1. The third-order valence-electron chi connectivity index (χ3n) is 3.35. The van der Waals surface area contributed by atoms with Crippen molar-refractivity contribution in [3.8, 4) is 0 Å². The number of methoxy groups -OCH3 is 1. The predicted octanol–water partition coefficient (Wildman–Crippen LogP) is 3.19. The van der Waals surface area contributed by atoms with Crippen LogP contribution in [-0.4, -0.2) is 43.1 Å². The number of nitrogens with one attached hydrogen (secondary N) is 2. The number of thioether (sulfide) groups is 1. The SMILES string of the molecule is CCNC(=NCc1cc(C(=O)OC)c(C)o1)NCC(C)(C)SC.I. The minimum atomic E-state index is -0.395. The van der Waals surface area contributed by atoms with Gasteiger partial charge in [0.15, 0.2) is 5.96 Å². The maximum Gasteiger partial charge on any atom is 0.341 e. The van der Waals surface area contributed by atoms with Crippen LogP contribution in [0.4, 0.5) is 0 Å². The summed E-state index contributed by atoms with van der Waals surface area (Å²) in [6.07, 6.45) is 2.09. The summed E-state index contributed by atoms with van der Waals surface area (Å²) in [5, 5.41) is 6.52. The quantitative estimate of drug-likeness (QED) is 0.277. The van der Waals surface area contributed by atoms with Crippen LogP contribution < -0.4 is 10.6 Å². The molecule has 1 rings (SSSR count). The fraction of sp³-hybridized carbons (Fsp3) is 0.625. The lowest BCUT2D eigenvalue weighted by Crippen LogP contribution is -2.43. The topological polar surface area (TPSA) is 75.9 Å². The molecule has 0 bridgehead atoms. The molecule has 1 heterocycles. The summed E-state index contributed by atoms with van der Waals surface area (Å²) in [6.45, 7) is 10.0. The van der Waals surface area contributed by atoms with E-state index in [0.717, 1.165) is 19.0 Å². The van der Waals surface area contributed by atoms with Crippen molar-refractivity contribution in [3.63, 3.8) is 0 Å². The van der Waals surface area contributed by atoms with Crippen molar-refractivity contribution in [3.05, 3.63) is 23.2 Å². The Morgan fingerprint density at radius 1 is 1.42 bits per heavy atom. The smallest absolute Gasteiger partial charge is 0.341 e. The van der Waals surface area contributed by atoms with Gasteiger partial charge in [0, 0.05) is 17.8 Å². The highest BCUT2D eigenvalue weighted by Crippen LogP contribution is 2.19. The highest BCUT2D eigenvalue weighted by atomic mass is 127. The Morgan fingerprint density at radius 2 is 2.08 bits per heavy atom. The summed E-state index contributed by atoms with van der Waals surface area (Å²) in [5.41, 5.74) is 0.444. The minimum absolute atomic E-state index is 0. The Labute approximate surface area is 165 Å². The van der Waals surface area contributed by atoms with Crippen molar-refractivity contribution in [2.75, 3.05) is 26.5 Å². The molecule has 1 aromatic rings. The second-order valence-electron chi connectivity index (χ2n) is 5.69. The second-order valence-corrected chi connectivity index (χ2v) is 7.20. The molecular weight excluding hydrogens is 441 g/mol. The number of aryl methyl sites for hydroxylation is 1. The fourth-order valence-electron chi connectivity index (χ4n) is 1.80. The van der Waals surface area contributed by atoms with E-state index in [1.807, 2.05) is 6.92 Å². The van der Waals surface area contributed by atoms with Crippen LogP contribution in [0.1, 0.15) is 42.6 Å². The van der Waals surface area contributed by atoms with Crippen LogP contribution in [0.15, 0.2) is 15.5 Å². The first-order valence-corrected chi connectivity index (χ1v) is 8.80. The van der Waals surface area contributed by atoms with E-state index in [2.05, 4.69) is 35.7 Å². The summed E-state index contributed by atoms with van der Waals surface area (Å²) in [6, 6.07) is 1.68. The summed E-state index contributed by atoms with van der Waals surface area (Å²) in [7, 11) is 1.35. The van der Waals surface area contributed by atoms with E-state index < -0.39 is 5.97 Å². The molecule has 1 aromatic heterocycles. The summed E-state index contributed by atoms with van der Waals surface area (Å²) >= 11 is 1.80. The average molecular weight is 469 g/mol. The van der Waals surface area contributed by atoms with E-state index in [0.29, 0.717) is 23.6 Å². The number of halogens is 1.